The van der Waals surface area contributed by atoms with Crippen molar-refractivity contribution >= 4 is 27.3 Å². The summed E-state index contributed by atoms with van der Waals surface area (Å²) in [5.74, 6) is -0.473. The van der Waals surface area contributed by atoms with Gasteiger partial charge in [0.15, 0.2) is 0 Å². The second kappa shape index (κ2) is 11.1. The highest BCUT2D eigenvalue weighted by Crippen LogP contribution is 2.27. The van der Waals surface area contributed by atoms with Gasteiger partial charge in [-0.1, -0.05) is 48.5 Å². The standard InChI is InChI=1S/C30H28FN3O3S/c31-26-15-11-24(12-16-26)23-34(38(36,37)29-9-5-2-6-10-29)28-17-13-25(14-18-28)30(35)33-21-19-32(20-22-33)27-7-3-1-4-8-27/h1-18H,19-23H2. The molecule has 0 atom stereocenters. The summed E-state index contributed by atoms with van der Waals surface area (Å²) in [4.78, 5) is 17.4. The SMILES string of the molecule is O=C(c1ccc(N(Cc2ccc(F)cc2)S(=O)(=O)c2ccccc2)cc1)N1CCN(c2ccccc2)CC1. The van der Waals surface area contributed by atoms with E-state index in [9.17, 15) is 17.6 Å². The van der Waals surface area contributed by atoms with Crippen molar-refractivity contribution in [3.05, 3.63) is 126 Å². The van der Waals surface area contributed by atoms with Crippen molar-refractivity contribution in [1.29, 1.82) is 0 Å². The number of hydrogen-bond donors (Lipinski definition) is 0. The number of carbonyl (C=O) groups excluding carboxylic acids is 1. The normalized spacial score (nSPS) is 13.8. The maximum atomic E-state index is 13.6. The van der Waals surface area contributed by atoms with Crippen LogP contribution in [0.1, 0.15) is 15.9 Å². The highest BCUT2D eigenvalue weighted by atomic mass is 32.2. The number of sulfonamides is 1. The Hall–Kier alpha value is -4.17. The highest BCUT2D eigenvalue weighted by Gasteiger charge is 2.26. The minimum absolute atomic E-state index is 0.0201. The summed E-state index contributed by atoms with van der Waals surface area (Å²) < 4.78 is 41.9. The molecule has 1 aliphatic rings. The summed E-state index contributed by atoms with van der Waals surface area (Å²) in [6.45, 7) is 2.72. The van der Waals surface area contributed by atoms with Gasteiger partial charge in [0.2, 0.25) is 0 Å². The van der Waals surface area contributed by atoms with Crippen LogP contribution in [0.3, 0.4) is 0 Å². The Morgan fingerprint density at radius 2 is 1.32 bits per heavy atom. The minimum Gasteiger partial charge on any atom is -0.368 e. The lowest BCUT2D eigenvalue weighted by Gasteiger charge is -2.36. The minimum atomic E-state index is -3.91. The molecule has 4 aromatic carbocycles. The molecule has 0 unspecified atom stereocenters. The Bertz CT molecular complexity index is 1470. The van der Waals surface area contributed by atoms with Gasteiger partial charge in [-0.15, -0.1) is 0 Å². The molecule has 0 bridgehead atoms. The van der Waals surface area contributed by atoms with E-state index in [2.05, 4.69) is 17.0 Å². The van der Waals surface area contributed by atoms with Crippen LogP contribution in [-0.2, 0) is 16.6 Å². The third kappa shape index (κ3) is 5.55. The van der Waals surface area contributed by atoms with E-state index in [-0.39, 0.29) is 17.3 Å². The molecule has 0 N–H and O–H groups in total. The van der Waals surface area contributed by atoms with Gasteiger partial charge in [-0.2, -0.15) is 0 Å². The van der Waals surface area contributed by atoms with Crippen LogP contribution in [0.25, 0.3) is 0 Å². The average molecular weight is 530 g/mol. The second-order valence-corrected chi connectivity index (χ2v) is 11.0. The first-order chi connectivity index (χ1) is 18.4. The lowest BCUT2D eigenvalue weighted by molar-refractivity contribution is 0.0747. The molecule has 1 aliphatic heterocycles. The zero-order valence-corrected chi connectivity index (χ0v) is 21.6. The van der Waals surface area contributed by atoms with Crippen LogP contribution in [0.15, 0.2) is 114 Å². The van der Waals surface area contributed by atoms with Crippen LogP contribution in [0, 0.1) is 5.82 Å². The number of hydrogen-bond acceptors (Lipinski definition) is 4. The summed E-state index contributed by atoms with van der Waals surface area (Å²) in [7, 11) is -3.91. The quantitative estimate of drug-likeness (QED) is 0.331. The molecular formula is C30H28FN3O3S. The first-order valence-corrected chi connectivity index (χ1v) is 13.9. The third-order valence-electron chi connectivity index (χ3n) is 6.66. The molecule has 1 saturated heterocycles. The Balaban J connectivity index is 1.35. The van der Waals surface area contributed by atoms with Gasteiger partial charge in [0, 0.05) is 37.4 Å². The van der Waals surface area contributed by atoms with Gasteiger partial charge in [0.05, 0.1) is 17.1 Å². The number of amides is 1. The van der Waals surface area contributed by atoms with Crippen LogP contribution >= 0.6 is 0 Å². The van der Waals surface area contributed by atoms with E-state index in [4.69, 9.17) is 0 Å². The van der Waals surface area contributed by atoms with Gasteiger partial charge in [-0.05, 0) is 66.2 Å². The van der Waals surface area contributed by atoms with Crippen molar-refractivity contribution in [1.82, 2.24) is 4.90 Å². The van der Waals surface area contributed by atoms with Gasteiger partial charge >= 0.3 is 0 Å². The molecule has 4 aromatic rings. The molecule has 0 spiro atoms. The van der Waals surface area contributed by atoms with Crippen LogP contribution in [0.5, 0.6) is 0 Å². The van der Waals surface area contributed by atoms with E-state index >= 15 is 0 Å². The summed E-state index contributed by atoms with van der Waals surface area (Å²) in [6.07, 6.45) is 0. The first kappa shape index (κ1) is 25.5. The van der Waals surface area contributed by atoms with Crippen LogP contribution in [0.4, 0.5) is 15.8 Å². The molecule has 6 nitrogen and oxygen atoms in total. The zero-order valence-electron chi connectivity index (χ0n) is 20.8. The van der Waals surface area contributed by atoms with Gasteiger partial charge in [-0.3, -0.25) is 9.10 Å². The highest BCUT2D eigenvalue weighted by molar-refractivity contribution is 7.92. The molecule has 0 saturated carbocycles. The van der Waals surface area contributed by atoms with E-state index in [1.807, 2.05) is 23.1 Å². The number of carbonyl (C=O) groups is 1. The summed E-state index contributed by atoms with van der Waals surface area (Å²) in [6, 6.07) is 30.7. The maximum absolute atomic E-state index is 13.6. The van der Waals surface area contributed by atoms with Crippen LogP contribution in [-0.4, -0.2) is 45.4 Å². The molecule has 0 aromatic heterocycles. The van der Waals surface area contributed by atoms with Crippen molar-refractivity contribution in [2.24, 2.45) is 0 Å². The number of rotatable bonds is 7. The van der Waals surface area contributed by atoms with Crippen molar-refractivity contribution in [2.45, 2.75) is 11.4 Å². The average Bonchev–Trinajstić information content (AvgIpc) is 2.97. The van der Waals surface area contributed by atoms with Gasteiger partial charge in [0.1, 0.15) is 5.82 Å². The number of benzene rings is 4. The first-order valence-electron chi connectivity index (χ1n) is 12.4. The molecule has 1 heterocycles. The molecule has 194 valence electrons. The van der Waals surface area contributed by atoms with E-state index in [1.165, 1.54) is 16.4 Å². The van der Waals surface area contributed by atoms with E-state index in [1.54, 1.807) is 66.7 Å². The van der Waals surface area contributed by atoms with Crippen LogP contribution in [0.2, 0.25) is 0 Å². The van der Waals surface area contributed by atoms with Gasteiger partial charge in [-0.25, -0.2) is 12.8 Å². The van der Waals surface area contributed by atoms with Crippen molar-refractivity contribution in [2.75, 3.05) is 35.4 Å². The maximum Gasteiger partial charge on any atom is 0.264 e. The van der Waals surface area contributed by atoms with Gasteiger partial charge in [0.25, 0.3) is 15.9 Å². The molecule has 0 aliphatic carbocycles. The molecule has 1 fully saturated rings. The summed E-state index contributed by atoms with van der Waals surface area (Å²) in [5.41, 5.74) is 2.71. The van der Waals surface area contributed by atoms with Crippen molar-refractivity contribution in [3.63, 3.8) is 0 Å². The number of para-hydroxylation sites is 1. The molecule has 8 heteroatoms. The van der Waals surface area contributed by atoms with Crippen molar-refractivity contribution < 1.29 is 17.6 Å². The Morgan fingerprint density at radius 3 is 1.92 bits per heavy atom. The fourth-order valence-corrected chi connectivity index (χ4v) is 6.02. The monoisotopic (exact) mass is 529 g/mol. The fraction of sp³-hybridized carbons (Fsp3) is 0.167. The summed E-state index contributed by atoms with van der Waals surface area (Å²) in [5, 5.41) is 0. The molecular weight excluding hydrogens is 501 g/mol. The zero-order chi connectivity index (χ0) is 26.5. The number of nitrogens with zero attached hydrogens (tertiary/aromatic N) is 3. The van der Waals surface area contributed by atoms with E-state index < -0.39 is 15.8 Å². The fourth-order valence-electron chi connectivity index (χ4n) is 4.55. The third-order valence-corrected chi connectivity index (χ3v) is 8.45. The lowest BCUT2D eigenvalue weighted by Crippen LogP contribution is -2.48. The Kier molecular flexibility index (Phi) is 7.42. The second-order valence-electron chi connectivity index (χ2n) is 9.11. The molecule has 0 radical (unpaired) electrons. The van der Waals surface area contributed by atoms with Crippen molar-refractivity contribution in [3.8, 4) is 0 Å². The Labute approximate surface area is 222 Å². The number of piperazine rings is 1. The lowest BCUT2D eigenvalue weighted by atomic mass is 10.1. The largest absolute Gasteiger partial charge is 0.368 e. The summed E-state index contributed by atoms with van der Waals surface area (Å²) >= 11 is 0. The van der Waals surface area contributed by atoms with E-state index in [0.717, 1.165) is 18.8 Å². The molecule has 5 rings (SSSR count). The smallest absolute Gasteiger partial charge is 0.264 e. The van der Waals surface area contributed by atoms with E-state index in [0.29, 0.717) is 29.9 Å². The van der Waals surface area contributed by atoms with Gasteiger partial charge < -0.3 is 9.80 Å². The predicted molar refractivity (Wildman–Crippen MR) is 147 cm³/mol. The Morgan fingerprint density at radius 1 is 0.737 bits per heavy atom. The number of anilines is 2. The van der Waals surface area contributed by atoms with Crippen LogP contribution < -0.4 is 9.21 Å². The molecule has 38 heavy (non-hydrogen) atoms. The predicted octanol–water partition coefficient (Wildman–Crippen LogP) is 5.18. The topological polar surface area (TPSA) is 60.9 Å². The molecule has 1 amide bonds. The number of halogens is 1.